The summed E-state index contributed by atoms with van der Waals surface area (Å²) in [7, 11) is 1.60. The van der Waals surface area contributed by atoms with Gasteiger partial charge in [0.05, 0.1) is 12.2 Å². The Hall–Kier alpha value is -2.38. The van der Waals surface area contributed by atoms with Crippen molar-refractivity contribution in [1.82, 2.24) is 5.32 Å². The number of nitrogens with one attached hydrogen (secondary N) is 2. The lowest BCUT2D eigenvalue weighted by Crippen LogP contribution is -2.35. The molecule has 1 heterocycles. The number of methoxy groups -OCH3 is 1. The molecular formula is C23H28BrN3O3. The molecule has 160 valence electrons. The van der Waals surface area contributed by atoms with Crippen molar-refractivity contribution < 1.29 is 14.3 Å². The van der Waals surface area contributed by atoms with E-state index in [1.165, 1.54) is 0 Å². The number of halogens is 1. The average molecular weight is 474 g/mol. The van der Waals surface area contributed by atoms with E-state index in [4.69, 9.17) is 4.74 Å². The van der Waals surface area contributed by atoms with Crippen molar-refractivity contribution in [2.24, 2.45) is 5.92 Å². The number of rotatable bonds is 7. The predicted molar refractivity (Wildman–Crippen MR) is 123 cm³/mol. The second-order valence-electron chi connectivity index (χ2n) is 7.61. The van der Waals surface area contributed by atoms with Crippen LogP contribution in [0.2, 0.25) is 0 Å². The van der Waals surface area contributed by atoms with Crippen LogP contribution in [0.4, 0.5) is 11.4 Å². The van der Waals surface area contributed by atoms with Crippen LogP contribution in [0.5, 0.6) is 0 Å². The second-order valence-corrected chi connectivity index (χ2v) is 8.53. The van der Waals surface area contributed by atoms with E-state index < -0.39 is 0 Å². The normalized spacial score (nSPS) is 14.4. The van der Waals surface area contributed by atoms with Gasteiger partial charge in [0, 0.05) is 48.2 Å². The molecule has 0 unspecified atom stereocenters. The van der Waals surface area contributed by atoms with E-state index in [-0.39, 0.29) is 11.8 Å². The van der Waals surface area contributed by atoms with E-state index in [1.807, 2.05) is 24.3 Å². The number of nitrogens with zero attached hydrogens (tertiary/aromatic N) is 1. The van der Waals surface area contributed by atoms with Gasteiger partial charge in [-0.05, 0) is 61.2 Å². The fourth-order valence-corrected chi connectivity index (χ4v) is 3.75. The van der Waals surface area contributed by atoms with Gasteiger partial charge in [0.2, 0.25) is 0 Å². The summed E-state index contributed by atoms with van der Waals surface area (Å²) in [4.78, 5) is 27.7. The summed E-state index contributed by atoms with van der Waals surface area (Å²) in [6.07, 6.45) is 2.21. The Balaban J connectivity index is 1.82. The Morgan fingerprint density at radius 3 is 2.47 bits per heavy atom. The van der Waals surface area contributed by atoms with Crippen LogP contribution >= 0.6 is 15.9 Å². The highest BCUT2D eigenvalue weighted by atomic mass is 79.9. The molecule has 1 aliphatic rings. The first kappa shape index (κ1) is 22.3. The number of anilines is 2. The molecule has 6 nitrogen and oxygen atoms in total. The van der Waals surface area contributed by atoms with Crippen molar-refractivity contribution in [3.63, 3.8) is 0 Å². The molecule has 2 aromatic carbocycles. The Morgan fingerprint density at radius 1 is 1.10 bits per heavy atom. The number of hydrogen-bond donors (Lipinski definition) is 2. The summed E-state index contributed by atoms with van der Waals surface area (Å²) in [5.74, 6) is 0.318. The van der Waals surface area contributed by atoms with Crippen LogP contribution in [0.15, 0.2) is 46.9 Å². The zero-order valence-corrected chi connectivity index (χ0v) is 19.0. The summed E-state index contributed by atoms with van der Waals surface area (Å²) in [5.41, 5.74) is 2.61. The lowest BCUT2D eigenvalue weighted by Gasteiger charge is -2.33. The average Bonchev–Trinajstić information content (AvgIpc) is 2.75. The lowest BCUT2D eigenvalue weighted by molar-refractivity contribution is 0.0936. The van der Waals surface area contributed by atoms with E-state index in [9.17, 15) is 9.59 Å². The Morgan fingerprint density at radius 2 is 1.80 bits per heavy atom. The van der Waals surface area contributed by atoms with Crippen LogP contribution in [-0.2, 0) is 4.74 Å². The van der Waals surface area contributed by atoms with Crippen LogP contribution in [0.25, 0.3) is 0 Å². The third-order valence-electron chi connectivity index (χ3n) is 5.32. The van der Waals surface area contributed by atoms with Gasteiger partial charge in [-0.1, -0.05) is 22.9 Å². The molecule has 0 spiro atoms. The van der Waals surface area contributed by atoms with Crippen molar-refractivity contribution in [2.45, 2.75) is 19.8 Å². The van der Waals surface area contributed by atoms with Crippen LogP contribution in [-0.4, -0.2) is 45.2 Å². The van der Waals surface area contributed by atoms with Gasteiger partial charge in [-0.2, -0.15) is 0 Å². The highest BCUT2D eigenvalue weighted by Crippen LogP contribution is 2.29. The summed E-state index contributed by atoms with van der Waals surface area (Å²) < 4.78 is 5.95. The molecule has 0 bridgehead atoms. The van der Waals surface area contributed by atoms with E-state index in [0.717, 1.165) is 36.1 Å². The zero-order valence-electron chi connectivity index (χ0n) is 17.4. The Bertz CT molecular complexity index is 878. The first-order valence-corrected chi connectivity index (χ1v) is 11.0. The number of amides is 2. The highest BCUT2D eigenvalue weighted by molar-refractivity contribution is 9.10. The molecule has 7 heteroatoms. The SMILES string of the molecule is COCCNC(=O)c1cc(NC(=O)c2ccc(Br)cc2)ccc1N1CCC(C)CC1. The molecule has 0 saturated carbocycles. The van der Waals surface area contributed by atoms with Crippen molar-refractivity contribution in [1.29, 1.82) is 0 Å². The van der Waals surface area contributed by atoms with Crippen molar-refractivity contribution in [3.8, 4) is 0 Å². The minimum absolute atomic E-state index is 0.166. The van der Waals surface area contributed by atoms with E-state index in [0.29, 0.717) is 35.9 Å². The lowest BCUT2D eigenvalue weighted by atomic mass is 9.97. The molecule has 2 N–H and O–H groups in total. The summed E-state index contributed by atoms with van der Waals surface area (Å²) in [5, 5.41) is 5.80. The fraction of sp³-hybridized carbons (Fsp3) is 0.391. The molecular weight excluding hydrogens is 446 g/mol. The van der Waals surface area contributed by atoms with Gasteiger partial charge < -0.3 is 20.3 Å². The van der Waals surface area contributed by atoms with E-state index >= 15 is 0 Å². The zero-order chi connectivity index (χ0) is 21.5. The third-order valence-corrected chi connectivity index (χ3v) is 5.85. The minimum atomic E-state index is -0.215. The molecule has 3 rings (SSSR count). The van der Waals surface area contributed by atoms with E-state index in [2.05, 4.69) is 38.4 Å². The van der Waals surface area contributed by atoms with Gasteiger partial charge in [0.15, 0.2) is 0 Å². The summed E-state index contributed by atoms with van der Waals surface area (Å²) in [6.45, 7) is 4.98. The molecule has 2 amide bonds. The molecule has 0 radical (unpaired) electrons. The maximum atomic E-state index is 12.9. The number of benzene rings is 2. The van der Waals surface area contributed by atoms with Crippen LogP contribution in [0, 0.1) is 5.92 Å². The first-order valence-electron chi connectivity index (χ1n) is 10.2. The van der Waals surface area contributed by atoms with Crippen LogP contribution < -0.4 is 15.5 Å². The van der Waals surface area contributed by atoms with Gasteiger partial charge in [0.25, 0.3) is 11.8 Å². The molecule has 0 atom stereocenters. The van der Waals surface area contributed by atoms with Gasteiger partial charge in [0.1, 0.15) is 0 Å². The van der Waals surface area contributed by atoms with Gasteiger partial charge in [-0.3, -0.25) is 9.59 Å². The quantitative estimate of drug-likeness (QED) is 0.587. The number of hydrogen-bond acceptors (Lipinski definition) is 4. The maximum absolute atomic E-state index is 12.9. The Kier molecular flexibility index (Phi) is 7.87. The molecule has 1 saturated heterocycles. The monoisotopic (exact) mass is 473 g/mol. The van der Waals surface area contributed by atoms with Crippen molar-refractivity contribution >= 4 is 39.1 Å². The molecule has 0 aliphatic carbocycles. The van der Waals surface area contributed by atoms with Gasteiger partial charge >= 0.3 is 0 Å². The molecule has 1 fully saturated rings. The van der Waals surface area contributed by atoms with Gasteiger partial charge in [-0.25, -0.2) is 0 Å². The Labute approximate surface area is 186 Å². The van der Waals surface area contributed by atoms with E-state index in [1.54, 1.807) is 25.3 Å². The third kappa shape index (κ3) is 5.83. The minimum Gasteiger partial charge on any atom is -0.383 e. The number of piperidine rings is 1. The second kappa shape index (κ2) is 10.6. The predicted octanol–water partition coefficient (Wildman–Crippen LogP) is 4.31. The number of ether oxygens (including phenoxy) is 1. The van der Waals surface area contributed by atoms with Crippen LogP contribution in [0.3, 0.4) is 0 Å². The largest absolute Gasteiger partial charge is 0.383 e. The number of carbonyl (C=O) groups is 2. The summed E-state index contributed by atoms with van der Waals surface area (Å²) >= 11 is 3.37. The van der Waals surface area contributed by atoms with Gasteiger partial charge in [-0.15, -0.1) is 0 Å². The topological polar surface area (TPSA) is 70.7 Å². The molecule has 2 aromatic rings. The maximum Gasteiger partial charge on any atom is 0.255 e. The standard InChI is InChI=1S/C23H28BrN3O3/c1-16-9-12-27(13-10-16)21-8-7-19(15-20(21)23(29)25-11-14-30-2)26-22(28)17-3-5-18(24)6-4-17/h3-8,15-16H,9-14H2,1-2H3,(H,25,29)(H,26,28). The first-order chi connectivity index (χ1) is 14.5. The summed E-state index contributed by atoms with van der Waals surface area (Å²) in [6, 6.07) is 12.7. The highest BCUT2D eigenvalue weighted by Gasteiger charge is 2.22. The molecule has 1 aliphatic heterocycles. The fourth-order valence-electron chi connectivity index (χ4n) is 3.49. The molecule has 30 heavy (non-hydrogen) atoms. The number of carbonyl (C=O) groups excluding carboxylic acids is 2. The van der Waals surface area contributed by atoms with Crippen molar-refractivity contribution in [3.05, 3.63) is 58.1 Å². The van der Waals surface area contributed by atoms with Crippen LogP contribution in [0.1, 0.15) is 40.5 Å². The van der Waals surface area contributed by atoms with Crippen molar-refractivity contribution in [2.75, 3.05) is 43.6 Å². The molecule has 0 aromatic heterocycles. The smallest absolute Gasteiger partial charge is 0.255 e.